The van der Waals surface area contributed by atoms with Crippen LogP contribution in [0.25, 0.3) is 11.0 Å². The third kappa shape index (κ3) is 2.94. The Hall–Kier alpha value is -1.85. The Labute approximate surface area is 123 Å². The minimum Gasteiger partial charge on any atom is -0.451 e. The molecule has 21 heavy (non-hydrogen) atoms. The van der Waals surface area contributed by atoms with Crippen LogP contribution in [0.5, 0.6) is 0 Å². The Bertz CT molecular complexity index is 629. The molecule has 5 nitrogen and oxygen atoms in total. The molecular weight excluding hydrogens is 268 g/mol. The average Bonchev–Trinajstić information content (AvgIpc) is 2.88. The molecule has 1 aromatic heterocycles. The highest BCUT2D eigenvalue weighted by Crippen LogP contribution is 2.26. The number of furan rings is 1. The maximum atomic E-state index is 12.5. The number of piperidine rings is 1. The highest BCUT2D eigenvalue weighted by atomic mass is 16.5. The summed E-state index contributed by atoms with van der Waals surface area (Å²) in [5, 5.41) is 7.27. The monoisotopic (exact) mass is 288 g/mol. The second-order valence-electron chi connectivity index (χ2n) is 5.36. The molecule has 0 spiro atoms. The summed E-state index contributed by atoms with van der Waals surface area (Å²) >= 11 is 0. The lowest BCUT2D eigenvalue weighted by atomic mass is 10.1. The van der Waals surface area contributed by atoms with Crippen molar-refractivity contribution in [2.75, 3.05) is 20.2 Å². The summed E-state index contributed by atoms with van der Waals surface area (Å²) in [4.78, 5) is 12.5. The fourth-order valence-electron chi connectivity index (χ4n) is 2.80. The molecule has 3 rings (SSSR count). The van der Waals surface area contributed by atoms with Crippen LogP contribution in [0.2, 0.25) is 0 Å². The van der Waals surface area contributed by atoms with Gasteiger partial charge in [-0.1, -0.05) is 18.2 Å². The van der Waals surface area contributed by atoms with Crippen LogP contribution >= 0.6 is 0 Å². The maximum absolute atomic E-state index is 12.5. The van der Waals surface area contributed by atoms with E-state index in [1.54, 1.807) is 7.11 Å². The van der Waals surface area contributed by atoms with Gasteiger partial charge in [0.25, 0.3) is 5.91 Å². The first kappa shape index (κ1) is 14.1. The first-order valence-corrected chi connectivity index (χ1v) is 7.30. The van der Waals surface area contributed by atoms with Crippen LogP contribution in [-0.2, 0) is 11.3 Å². The number of para-hydroxylation sites is 1. The quantitative estimate of drug-likeness (QED) is 0.904. The maximum Gasteiger partial charge on any atom is 0.287 e. The molecule has 2 aromatic rings. The molecule has 2 heterocycles. The Morgan fingerprint density at radius 2 is 2.33 bits per heavy atom. The molecule has 0 bridgehead atoms. The zero-order valence-electron chi connectivity index (χ0n) is 12.1. The van der Waals surface area contributed by atoms with Gasteiger partial charge in [-0.3, -0.25) is 4.79 Å². The van der Waals surface area contributed by atoms with Crippen molar-refractivity contribution in [2.45, 2.75) is 25.5 Å². The van der Waals surface area contributed by atoms with Crippen molar-refractivity contribution in [3.8, 4) is 0 Å². The summed E-state index contributed by atoms with van der Waals surface area (Å²) in [6, 6.07) is 7.81. The molecule has 1 fully saturated rings. The van der Waals surface area contributed by atoms with E-state index in [1.165, 1.54) is 0 Å². The number of nitrogens with one attached hydrogen (secondary N) is 2. The third-order valence-electron chi connectivity index (χ3n) is 3.83. The van der Waals surface area contributed by atoms with Crippen molar-refractivity contribution in [3.05, 3.63) is 35.6 Å². The molecule has 1 amide bonds. The summed E-state index contributed by atoms with van der Waals surface area (Å²) in [7, 11) is 1.62. The number of benzene rings is 1. The Balaban J connectivity index is 1.87. The highest BCUT2D eigenvalue weighted by Gasteiger charge is 2.23. The molecule has 2 N–H and O–H groups in total. The van der Waals surface area contributed by atoms with Gasteiger partial charge >= 0.3 is 0 Å². The molecular formula is C16H20N2O3. The van der Waals surface area contributed by atoms with Crippen LogP contribution < -0.4 is 10.6 Å². The van der Waals surface area contributed by atoms with E-state index in [2.05, 4.69) is 10.6 Å². The number of hydrogen-bond acceptors (Lipinski definition) is 4. The fourth-order valence-corrected chi connectivity index (χ4v) is 2.80. The topological polar surface area (TPSA) is 63.5 Å². The van der Waals surface area contributed by atoms with Crippen LogP contribution in [0.15, 0.2) is 28.7 Å². The van der Waals surface area contributed by atoms with Gasteiger partial charge in [0.1, 0.15) is 5.58 Å². The molecule has 0 saturated carbocycles. The zero-order valence-corrected chi connectivity index (χ0v) is 12.1. The van der Waals surface area contributed by atoms with E-state index >= 15 is 0 Å². The van der Waals surface area contributed by atoms with Gasteiger partial charge in [-0.2, -0.15) is 0 Å². The second-order valence-corrected chi connectivity index (χ2v) is 5.36. The number of carbonyl (C=O) groups is 1. The minimum absolute atomic E-state index is 0.160. The average molecular weight is 288 g/mol. The normalized spacial score (nSPS) is 18.8. The SMILES string of the molecule is COCc1c(C(=O)N[C@H]2CCCNC2)oc2ccccc12. The summed E-state index contributed by atoms with van der Waals surface area (Å²) in [6.07, 6.45) is 2.08. The molecule has 1 atom stereocenters. The van der Waals surface area contributed by atoms with Crippen LogP contribution in [0.3, 0.4) is 0 Å². The first-order chi connectivity index (χ1) is 10.3. The van der Waals surface area contributed by atoms with Crippen molar-refractivity contribution in [1.82, 2.24) is 10.6 Å². The van der Waals surface area contributed by atoms with Gasteiger partial charge in [0.15, 0.2) is 5.76 Å². The van der Waals surface area contributed by atoms with Gasteiger partial charge in [-0.05, 0) is 25.5 Å². The van der Waals surface area contributed by atoms with E-state index in [1.807, 2.05) is 24.3 Å². The van der Waals surface area contributed by atoms with Crippen LogP contribution in [0.1, 0.15) is 29.0 Å². The number of rotatable bonds is 4. The summed E-state index contributed by atoms with van der Waals surface area (Å²) in [5.74, 6) is 0.204. The van der Waals surface area contributed by atoms with Crippen LogP contribution in [0, 0.1) is 0 Å². The van der Waals surface area contributed by atoms with E-state index in [4.69, 9.17) is 9.15 Å². The molecule has 1 aliphatic heterocycles. The zero-order chi connectivity index (χ0) is 14.7. The third-order valence-corrected chi connectivity index (χ3v) is 3.83. The Kier molecular flexibility index (Phi) is 4.22. The number of methoxy groups -OCH3 is 1. The van der Waals surface area contributed by atoms with Crippen molar-refractivity contribution in [1.29, 1.82) is 0 Å². The summed E-state index contributed by atoms with van der Waals surface area (Å²) in [6.45, 7) is 2.19. The molecule has 112 valence electrons. The summed E-state index contributed by atoms with van der Waals surface area (Å²) < 4.78 is 11.0. The van der Waals surface area contributed by atoms with Gasteiger partial charge in [0, 0.05) is 30.6 Å². The fraction of sp³-hybridized carbons (Fsp3) is 0.438. The van der Waals surface area contributed by atoms with Gasteiger partial charge in [-0.15, -0.1) is 0 Å². The van der Waals surface area contributed by atoms with Gasteiger partial charge in [-0.25, -0.2) is 0 Å². The van der Waals surface area contributed by atoms with Crippen molar-refractivity contribution >= 4 is 16.9 Å². The highest BCUT2D eigenvalue weighted by molar-refractivity contribution is 5.99. The number of carbonyl (C=O) groups excluding carboxylic acids is 1. The van der Waals surface area contributed by atoms with E-state index in [-0.39, 0.29) is 11.9 Å². The van der Waals surface area contributed by atoms with Crippen molar-refractivity contribution < 1.29 is 13.9 Å². The van der Waals surface area contributed by atoms with Gasteiger partial charge in [0.2, 0.25) is 0 Å². The second kappa shape index (κ2) is 6.28. The molecule has 0 aliphatic carbocycles. The Morgan fingerprint density at radius 3 is 3.10 bits per heavy atom. The Morgan fingerprint density at radius 1 is 1.48 bits per heavy atom. The number of ether oxygens (including phenoxy) is 1. The lowest BCUT2D eigenvalue weighted by Gasteiger charge is -2.23. The van der Waals surface area contributed by atoms with Crippen LogP contribution in [-0.4, -0.2) is 32.1 Å². The predicted molar refractivity (Wildman–Crippen MR) is 80.3 cm³/mol. The van der Waals surface area contributed by atoms with E-state index in [0.717, 1.165) is 42.5 Å². The minimum atomic E-state index is -0.160. The van der Waals surface area contributed by atoms with E-state index in [9.17, 15) is 4.79 Å². The van der Waals surface area contributed by atoms with Crippen molar-refractivity contribution in [2.24, 2.45) is 0 Å². The number of hydrogen-bond donors (Lipinski definition) is 2. The smallest absolute Gasteiger partial charge is 0.287 e. The molecule has 5 heteroatoms. The largest absolute Gasteiger partial charge is 0.451 e. The summed E-state index contributed by atoms with van der Waals surface area (Å²) in [5.41, 5.74) is 1.53. The molecule has 0 unspecified atom stereocenters. The first-order valence-electron chi connectivity index (χ1n) is 7.30. The molecule has 1 aliphatic rings. The van der Waals surface area contributed by atoms with E-state index < -0.39 is 0 Å². The van der Waals surface area contributed by atoms with Gasteiger partial charge in [0.05, 0.1) is 6.61 Å². The standard InChI is InChI=1S/C16H20N2O3/c1-20-10-13-12-6-2-3-7-14(12)21-15(13)16(19)18-11-5-4-8-17-9-11/h2-3,6-7,11,17H,4-5,8-10H2,1H3,(H,18,19)/t11-/m0/s1. The van der Waals surface area contributed by atoms with E-state index in [0.29, 0.717) is 12.4 Å². The lowest BCUT2D eigenvalue weighted by Crippen LogP contribution is -2.45. The molecule has 1 saturated heterocycles. The van der Waals surface area contributed by atoms with Gasteiger partial charge < -0.3 is 19.8 Å². The number of amides is 1. The predicted octanol–water partition coefficient (Wildman–Crippen LogP) is 2.06. The number of fused-ring (bicyclic) bond motifs is 1. The molecule has 0 radical (unpaired) electrons. The van der Waals surface area contributed by atoms with Crippen molar-refractivity contribution in [3.63, 3.8) is 0 Å². The molecule has 1 aromatic carbocycles. The lowest BCUT2D eigenvalue weighted by molar-refractivity contribution is 0.0898. The van der Waals surface area contributed by atoms with Crippen LogP contribution in [0.4, 0.5) is 0 Å².